The molecule has 1 N–H and O–H groups in total. The van der Waals surface area contributed by atoms with E-state index in [0.29, 0.717) is 12.3 Å². The molecule has 0 bridgehead atoms. The molecule has 21 heavy (non-hydrogen) atoms. The van der Waals surface area contributed by atoms with Gasteiger partial charge in [-0.3, -0.25) is 9.59 Å². The summed E-state index contributed by atoms with van der Waals surface area (Å²) in [6.07, 6.45) is 5.94. The fraction of sp³-hybridized carbons (Fsp3) is 0.625. The summed E-state index contributed by atoms with van der Waals surface area (Å²) in [7, 11) is 0. The molecular formula is C16H20N2O2S. The SMILES string of the molecule is O=C1CCC2CN(C(=O)c3cc4c(s3)CCC4)CCC2N1. The van der Waals surface area contributed by atoms with Crippen LogP contribution in [0.1, 0.15) is 45.8 Å². The standard InChI is InChI=1S/C16H20N2O2S/c19-15-5-4-11-9-18(7-6-12(11)17-15)16(20)14-8-10-2-1-3-13(10)21-14/h8,11-12H,1-7,9H2,(H,17,19). The molecule has 3 aliphatic rings. The van der Waals surface area contributed by atoms with Gasteiger partial charge in [-0.05, 0) is 49.7 Å². The van der Waals surface area contributed by atoms with Crippen molar-refractivity contribution in [2.24, 2.45) is 5.92 Å². The highest BCUT2D eigenvalue weighted by Crippen LogP contribution is 2.32. The Morgan fingerprint density at radius 3 is 3.05 bits per heavy atom. The number of nitrogens with zero attached hydrogens (tertiary/aromatic N) is 1. The Balaban J connectivity index is 1.46. The van der Waals surface area contributed by atoms with E-state index >= 15 is 0 Å². The summed E-state index contributed by atoms with van der Waals surface area (Å²) in [6, 6.07) is 2.40. The van der Waals surface area contributed by atoms with E-state index in [1.807, 2.05) is 4.90 Å². The molecule has 0 saturated carbocycles. The normalized spacial score (nSPS) is 28.0. The molecule has 2 unspecified atom stereocenters. The molecule has 2 atom stereocenters. The van der Waals surface area contributed by atoms with Crippen LogP contribution in [0.4, 0.5) is 0 Å². The monoisotopic (exact) mass is 304 g/mol. The van der Waals surface area contributed by atoms with Crippen LogP contribution in [0.15, 0.2) is 6.07 Å². The maximum atomic E-state index is 12.7. The van der Waals surface area contributed by atoms with Crippen molar-refractivity contribution in [2.75, 3.05) is 13.1 Å². The number of piperidine rings is 2. The van der Waals surface area contributed by atoms with Crippen molar-refractivity contribution in [3.63, 3.8) is 0 Å². The summed E-state index contributed by atoms with van der Waals surface area (Å²) in [5, 5.41) is 3.07. The van der Waals surface area contributed by atoms with Crippen molar-refractivity contribution in [1.82, 2.24) is 10.2 Å². The van der Waals surface area contributed by atoms with Gasteiger partial charge in [-0.2, -0.15) is 0 Å². The quantitative estimate of drug-likeness (QED) is 0.862. The number of thiophene rings is 1. The zero-order valence-electron chi connectivity index (χ0n) is 12.1. The molecule has 1 aromatic heterocycles. The molecule has 4 nitrogen and oxygen atoms in total. The van der Waals surface area contributed by atoms with Crippen LogP contribution < -0.4 is 5.32 Å². The molecule has 0 radical (unpaired) electrons. The molecule has 2 aliphatic heterocycles. The highest BCUT2D eigenvalue weighted by Gasteiger charge is 2.36. The predicted molar refractivity (Wildman–Crippen MR) is 81.5 cm³/mol. The van der Waals surface area contributed by atoms with Crippen LogP contribution in [0.2, 0.25) is 0 Å². The first kappa shape index (κ1) is 13.3. The minimum atomic E-state index is 0.172. The van der Waals surface area contributed by atoms with Gasteiger partial charge in [0.1, 0.15) is 0 Å². The number of nitrogens with one attached hydrogen (secondary N) is 1. The van der Waals surface area contributed by atoms with Crippen LogP contribution in [-0.4, -0.2) is 35.8 Å². The number of carbonyl (C=O) groups is 2. The summed E-state index contributed by atoms with van der Waals surface area (Å²) < 4.78 is 0. The lowest BCUT2D eigenvalue weighted by atomic mass is 9.85. The van der Waals surface area contributed by atoms with Crippen LogP contribution in [0, 0.1) is 5.92 Å². The van der Waals surface area contributed by atoms with Gasteiger partial charge in [-0.25, -0.2) is 0 Å². The molecule has 2 saturated heterocycles. The lowest BCUT2D eigenvalue weighted by molar-refractivity contribution is -0.125. The second kappa shape index (κ2) is 5.13. The second-order valence-electron chi connectivity index (χ2n) is 6.43. The second-order valence-corrected chi connectivity index (χ2v) is 7.56. The number of amides is 2. The van der Waals surface area contributed by atoms with Crippen LogP contribution in [0.5, 0.6) is 0 Å². The third-order valence-electron chi connectivity index (χ3n) is 5.07. The fourth-order valence-corrected chi connectivity index (χ4v) is 5.11. The van der Waals surface area contributed by atoms with E-state index in [1.165, 1.54) is 16.9 Å². The van der Waals surface area contributed by atoms with Crippen molar-refractivity contribution in [3.05, 3.63) is 21.4 Å². The van der Waals surface area contributed by atoms with E-state index in [0.717, 1.165) is 43.6 Å². The smallest absolute Gasteiger partial charge is 0.263 e. The Morgan fingerprint density at radius 2 is 2.19 bits per heavy atom. The van der Waals surface area contributed by atoms with Crippen molar-refractivity contribution < 1.29 is 9.59 Å². The molecule has 0 spiro atoms. The van der Waals surface area contributed by atoms with Gasteiger partial charge in [0.05, 0.1) is 4.88 Å². The average molecular weight is 304 g/mol. The Hall–Kier alpha value is -1.36. The summed E-state index contributed by atoms with van der Waals surface area (Å²) in [5.74, 6) is 0.808. The number of aryl methyl sites for hydroxylation is 2. The lowest BCUT2D eigenvalue weighted by Gasteiger charge is -2.41. The Morgan fingerprint density at radius 1 is 1.29 bits per heavy atom. The largest absolute Gasteiger partial charge is 0.353 e. The zero-order valence-corrected chi connectivity index (χ0v) is 12.9. The first-order chi connectivity index (χ1) is 10.2. The van der Waals surface area contributed by atoms with E-state index in [1.54, 1.807) is 11.3 Å². The predicted octanol–water partition coefficient (Wildman–Crippen LogP) is 1.98. The van der Waals surface area contributed by atoms with Gasteiger partial charge >= 0.3 is 0 Å². The number of fused-ring (bicyclic) bond motifs is 2. The average Bonchev–Trinajstić information content (AvgIpc) is 3.07. The van der Waals surface area contributed by atoms with Gasteiger partial charge in [-0.1, -0.05) is 0 Å². The van der Waals surface area contributed by atoms with Gasteiger partial charge in [0.25, 0.3) is 5.91 Å². The highest BCUT2D eigenvalue weighted by molar-refractivity contribution is 7.14. The van der Waals surface area contributed by atoms with Gasteiger partial charge in [0.2, 0.25) is 5.91 Å². The van der Waals surface area contributed by atoms with E-state index in [-0.39, 0.29) is 17.9 Å². The minimum Gasteiger partial charge on any atom is -0.353 e. The number of rotatable bonds is 1. The summed E-state index contributed by atoms with van der Waals surface area (Å²) in [5.41, 5.74) is 1.39. The van der Waals surface area contributed by atoms with Gasteiger partial charge in [-0.15, -0.1) is 11.3 Å². The Kier molecular flexibility index (Phi) is 3.25. The van der Waals surface area contributed by atoms with Gasteiger partial charge in [0, 0.05) is 30.4 Å². The number of carbonyl (C=O) groups excluding carboxylic acids is 2. The lowest BCUT2D eigenvalue weighted by Crippen LogP contribution is -2.55. The maximum Gasteiger partial charge on any atom is 0.263 e. The third kappa shape index (κ3) is 2.37. The van der Waals surface area contributed by atoms with E-state index in [4.69, 9.17) is 0 Å². The molecule has 2 amide bonds. The third-order valence-corrected chi connectivity index (χ3v) is 6.29. The maximum absolute atomic E-state index is 12.7. The fourth-order valence-electron chi connectivity index (χ4n) is 3.88. The van der Waals surface area contributed by atoms with Crippen molar-refractivity contribution in [2.45, 2.75) is 44.6 Å². The van der Waals surface area contributed by atoms with Crippen molar-refractivity contribution in [3.8, 4) is 0 Å². The molecule has 112 valence electrons. The number of likely N-dealkylation sites (tertiary alicyclic amines) is 1. The molecule has 1 aromatic rings. The van der Waals surface area contributed by atoms with Gasteiger partial charge in [0.15, 0.2) is 0 Å². The summed E-state index contributed by atoms with van der Waals surface area (Å²) in [4.78, 5) is 28.5. The Labute approximate surface area is 128 Å². The van der Waals surface area contributed by atoms with Crippen LogP contribution in [-0.2, 0) is 17.6 Å². The zero-order chi connectivity index (χ0) is 14.4. The van der Waals surface area contributed by atoms with E-state index < -0.39 is 0 Å². The molecule has 5 heteroatoms. The minimum absolute atomic E-state index is 0.172. The van der Waals surface area contributed by atoms with Gasteiger partial charge < -0.3 is 10.2 Å². The number of hydrogen-bond donors (Lipinski definition) is 1. The Bertz CT molecular complexity index is 574. The summed E-state index contributed by atoms with van der Waals surface area (Å²) >= 11 is 1.69. The molecule has 4 rings (SSSR count). The van der Waals surface area contributed by atoms with Crippen molar-refractivity contribution in [1.29, 1.82) is 0 Å². The molecule has 3 heterocycles. The number of hydrogen-bond acceptors (Lipinski definition) is 3. The molecule has 0 aromatic carbocycles. The molecular weight excluding hydrogens is 284 g/mol. The molecule has 1 aliphatic carbocycles. The van der Waals surface area contributed by atoms with Crippen LogP contribution in [0.25, 0.3) is 0 Å². The summed E-state index contributed by atoms with van der Waals surface area (Å²) in [6.45, 7) is 1.56. The van der Waals surface area contributed by atoms with Crippen LogP contribution >= 0.6 is 11.3 Å². The first-order valence-corrected chi connectivity index (χ1v) is 8.72. The topological polar surface area (TPSA) is 49.4 Å². The molecule has 2 fully saturated rings. The van der Waals surface area contributed by atoms with E-state index in [2.05, 4.69) is 11.4 Å². The first-order valence-electron chi connectivity index (χ1n) is 7.91. The highest BCUT2D eigenvalue weighted by atomic mass is 32.1. The van der Waals surface area contributed by atoms with Crippen molar-refractivity contribution >= 4 is 23.2 Å². The van der Waals surface area contributed by atoms with Crippen LogP contribution in [0.3, 0.4) is 0 Å². The van der Waals surface area contributed by atoms with E-state index in [9.17, 15) is 9.59 Å².